The van der Waals surface area contributed by atoms with Gasteiger partial charge in [-0.2, -0.15) is 0 Å². The molecule has 1 atom stereocenters. The van der Waals surface area contributed by atoms with Gasteiger partial charge in [0.1, 0.15) is 0 Å². The van der Waals surface area contributed by atoms with Gasteiger partial charge in [-0.05, 0) is 50.9 Å². The molecule has 1 heterocycles. The van der Waals surface area contributed by atoms with Crippen molar-refractivity contribution >= 4 is 11.6 Å². The quantitative estimate of drug-likeness (QED) is 0.894. The van der Waals surface area contributed by atoms with E-state index in [1.807, 2.05) is 32.0 Å². The number of benzene rings is 1. The van der Waals surface area contributed by atoms with Gasteiger partial charge in [0.05, 0.1) is 5.60 Å². The maximum Gasteiger partial charge on any atom is 0.0718 e. The average Bonchev–Trinajstić information content (AvgIpc) is 2.63. The number of likely N-dealkylation sites (tertiary alicyclic amines) is 1. The van der Waals surface area contributed by atoms with Crippen molar-refractivity contribution in [1.29, 1.82) is 0 Å². The Bertz CT molecular complexity index is 386. The Balaban J connectivity index is 2.14. The number of β-amino-alcohol motifs (C(OH)–C–C–N with tert-alkyl or cyclic N) is 1. The van der Waals surface area contributed by atoms with E-state index in [0.29, 0.717) is 12.6 Å². The highest BCUT2D eigenvalue weighted by molar-refractivity contribution is 6.30. The fourth-order valence-electron chi connectivity index (χ4n) is 2.60. The predicted molar refractivity (Wildman–Crippen MR) is 71.3 cm³/mol. The van der Waals surface area contributed by atoms with Crippen LogP contribution in [0.2, 0.25) is 5.02 Å². The molecule has 0 spiro atoms. The first-order valence-electron chi connectivity index (χ1n) is 6.18. The summed E-state index contributed by atoms with van der Waals surface area (Å²) < 4.78 is 0. The molecule has 0 radical (unpaired) electrons. The lowest BCUT2D eigenvalue weighted by Gasteiger charge is -2.30. The number of halogens is 1. The second kappa shape index (κ2) is 4.97. The predicted octanol–water partition coefficient (Wildman–Crippen LogP) is 3.25. The van der Waals surface area contributed by atoms with Gasteiger partial charge < -0.3 is 5.11 Å². The normalized spacial score (nSPS) is 22.0. The Hall–Kier alpha value is -0.570. The van der Waals surface area contributed by atoms with Crippen LogP contribution in [-0.4, -0.2) is 28.7 Å². The molecule has 1 aliphatic heterocycles. The molecule has 2 rings (SSSR count). The molecular formula is C14H20ClNO. The number of nitrogens with zero attached hydrogens (tertiary/aromatic N) is 1. The summed E-state index contributed by atoms with van der Waals surface area (Å²) in [6.07, 6.45) is 2.34. The number of hydrogen-bond donors (Lipinski definition) is 1. The molecule has 2 nitrogen and oxygen atoms in total. The van der Waals surface area contributed by atoms with Gasteiger partial charge in [-0.15, -0.1) is 0 Å². The van der Waals surface area contributed by atoms with Crippen molar-refractivity contribution in [1.82, 2.24) is 4.90 Å². The van der Waals surface area contributed by atoms with Crippen LogP contribution in [0.25, 0.3) is 0 Å². The van der Waals surface area contributed by atoms with Gasteiger partial charge in [0.2, 0.25) is 0 Å². The number of rotatable bonds is 3. The van der Waals surface area contributed by atoms with Crippen molar-refractivity contribution in [2.45, 2.75) is 38.3 Å². The van der Waals surface area contributed by atoms with Gasteiger partial charge in [0.25, 0.3) is 0 Å². The van der Waals surface area contributed by atoms with Gasteiger partial charge >= 0.3 is 0 Å². The van der Waals surface area contributed by atoms with Crippen LogP contribution in [0.4, 0.5) is 0 Å². The molecule has 0 aromatic heterocycles. The number of aliphatic hydroxyl groups is 1. The van der Waals surface area contributed by atoms with E-state index in [0.717, 1.165) is 18.0 Å². The first kappa shape index (κ1) is 12.9. The Morgan fingerprint density at radius 2 is 2.24 bits per heavy atom. The van der Waals surface area contributed by atoms with Crippen molar-refractivity contribution in [3.05, 3.63) is 34.9 Å². The van der Waals surface area contributed by atoms with Crippen molar-refractivity contribution in [3.63, 3.8) is 0 Å². The van der Waals surface area contributed by atoms with Crippen molar-refractivity contribution < 1.29 is 5.11 Å². The monoisotopic (exact) mass is 253 g/mol. The van der Waals surface area contributed by atoms with Crippen molar-refractivity contribution in [2.24, 2.45) is 0 Å². The first-order chi connectivity index (χ1) is 7.96. The Morgan fingerprint density at radius 3 is 2.88 bits per heavy atom. The molecule has 17 heavy (non-hydrogen) atoms. The van der Waals surface area contributed by atoms with Crippen LogP contribution in [-0.2, 0) is 0 Å². The fourth-order valence-corrected chi connectivity index (χ4v) is 2.80. The lowest BCUT2D eigenvalue weighted by atomic mass is 10.0. The molecule has 1 aromatic carbocycles. The second-order valence-electron chi connectivity index (χ2n) is 5.50. The molecule has 1 saturated heterocycles. The molecule has 0 amide bonds. The molecule has 1 N–H and O–H groups in total. The van der Waals surface area contributed by atoms with E-state index in [1.54, 1.807) is 0 Å². The zero-order chi connectivity index (χ0) is 12.5. The summed E-state index contributed by atoms with van der Waals surface area (Å²) in [7, 11) is 0. The fraction of sp³-hybridized carbons (Fsp3) is 0.571. The van der Waals surface area contributed by atoms with Crippen LogP contribution in [0.15, 0.2) is 24.3 Å². The third-order valence-corrected chi connectivity index (χ3v) is 3.42. The molecule has 3 heteroatoms. The lowest BCUT2D eigenvalue weighted by molar-refractivity contribution is 0.0317. The van der Waals surface area contributed by atoms with Crippen LogP contribution < -0.4 is 0 Å². The van der Waals surface area contributed by atoms with Gasteiger partial charge in [0, 0.05) is 17.6 Å². The first-order valence-corrected chi connectivity index (χ1v) is 6.55. The largest absolute Gasteiger partial charge is 0.389 e. The van der Waals surface area contributed by atoms with Crippen molar-refractivity contribution in [3.8, 4) is 0 Å². The molecule has 1 unspecified atom stereocenters. The SMILES string of the molecule is CC(C)(O)CN1CCCC1c1cccc(Cl)c1. The molecule has 1 aliphatic rings. The van der Waals surface area contributed by atoms with Gasteiger partial charge in [-0.3, -0.25) is 4.90 Å². The highest BCUT2D eigenvalue weighted by Gasteiger charge is 2.29. The Morgan fingerprint density at radius 1 is 1.47 bits per heavy atom. The maximum atomic E-state index is 9.93. The molecule has 1 fully saturated rings. The molecule has 0 bridgehead atoms. The van der Waals surface area contributed by atoms with E-state index >= 15 is 0 Å². The summed E-state index contributed by atoms with van der Waals surface area (Å²) in [5, 5.41) is 10.7. The van der Waals surface area contributed by atoms with Crippen LogP contribution in [0.5, 0.6) is 0 Å². The highest BCUT2D eigenvalue weighted by atomic mass is 35.5. The molecule has 94 valence electrons. The van der Waals surface area contributed by atoms with Crippen molar-refractivity contribution in [2.75, 3.05) is 13.1 Å². The second-order valence-corrected chi connectivity index (χ2v) is 5.93. The minimum absolute atomic E-state index is 0.403. The van der Waals surface area contributed by atoms with Crippen LogP contribution in [0, 0.1) is 0 Å². The standard InChI is InChI=1S/C14H20ClNO/c1-14(2,17)10-16-8-4-7-13(16)11-5-3-6-12(15)9-11/h3,5-6,9,13,17H,4,7-8,10H2,1-2H3. The summed E-state index contributed by atoms with van der Waals surface area (Å²) in [6.45, 7) is 5.49. The number of hydrogen-bond acceptors (Lipinski definition) is 2. The molecular weight excluding hydrogens is 234 g/mol. The van der Waals surface area contributed by atoms with E-state index < -0.39 is 5.60 Å². The van der Waals surface area contributed by atoms with E-state index in [2.05, 4.69) is 11.0 Å². The molecule has 0 saturated carbocycles. The van der Waals surface area contributed by atoms with Crippen LogP contribution in [0.3, 0.4) is 0 Å². The Kier molecular flexibility index (Phi) is 3.76. The van der Waals surface area contributed by atoms with Crippen LogP contribution in [0.1, 0.15) is 38.3 Å². The third kappa shape index (κ3) is 3.44. The molecule has 0 aliphatic carbocycles. The highest BCUT2D eigenvalue weighted by Crippen LogP contribution is 2.33. The summed E-state index contributed by atoms with van der Waals surface area (Å²) >= 11 is 6.04. The maximum absolute atomic E-state index is 9.93. The summed E-state index contributed by atoms with van der Waals surface area (Å²) in [5.41, 5.74) is 0.625. The smallest absolute Gasteiger partial charge is 0.0718 e. The summed E-state index contributed by atoms with van der Waals surface area (Å²) in [5.74, 6) is 0. The third-order valence-electron chi connectivity index (χ3n) is 3.19. The Labute approximate surface area is 108 Å². The minimum Gasteiger partial charge on any atom is -0.389 e. The zero-order valence-corrected chi connectivity index (χ0v) is 11.2. The average molecular weight is 254 g/mol. The lowest BCUT2D eigenvalue weighted by Crippen LogP contribution is -2.38. The van der Waals surface area contributed by atoms with Crippen LogP contribution >= 0.6 is 11.6 Å². The summed E-state index contributed by atoms with van der Waals surface area (Å²) in [6, 6.07) is 8.47. The van der Waals surface area contributed by atoms with E-state index in [-0.39, 0.29) is 0 Å². The van der Waals surface area contributed by atoms with E-state index in [4.69, 9.17) is 11.6 Å². The van der Waals surface area contributed by atoms with Gasteiger partial charge in [0.15, 0.2) is 0 Å². The zero-order valence-electron chi connectivity index (χ0n) is 10.5. The van der Waals surface area contributed by atoms with E-state index in [9.17, 15) is 5.11 Å². The van der Waals surface area contributed by atoms with Gasteiger partial charge in [-0.25, -0.2) is 0 Å². The van der Waals surface area contributed by atoms with Gasteiger partial charge in [-0.1, -0.05) is 23.7 Å². The molecule has 1 aromatic rings. The minimum atomic E-state index is -0.638. The van der Waals surface area contributed by atoms with E-state index in [1.165, 1.54) is 12.0 Å². The topological polar surface area (TPSA) is 23.5 Å². The summed E-state index contributed by atoms with van der Waals surface area (Å²) in [4.78, 5) is 2.35.